The Morgan fingerprint density at radius 3 is 0.638 bits per heavy atom. The minimum atomic E-state index is 0. The van der Waals surface area contributed by atoms with Crippen LogP contribution >= 0.6 is 0 Å². The predicted molar refractivity (Wildman–Crippen MR) is 249 cm³/mol. The van der Waals surface area contributed by atoms with Crippen LogP contribution in [0, 0.1) is 0 Å². The normalized spacial score (nSPS) is 10.3. The van der Waals surface area contributed by atoms with Crippen molar-refractivity contribution in [2.45, 2.75) is 105 Å². The summed E-state index contributed by atoms with van der Waals surface area (Å²) in [5, 5.41) is 10.9. The van der Waals surface area contributed by atoms with Crippen molar-refractivity contribution in [1.29, 1.82) is 0 Å². The maximum Gasteiger partial charge on any atom is -1.00 e. The molecule has 0 radical (unpaired) electrons. The molecule has 6 heteroatoms. The van der Waals surface area contributed by atoms with Gasteiger partial charge in [-0.1, -0.05) is 79.7 Å². The van der Waals surface area contributed by atoms with Crippen LogP contribution in [0.2, 0.25) is 26.2 Å². The Hall–Kier alpha value is -1.90. The van der Waals surface area contributed by atoms with Gasteiger partial charge in [-0.15, -0.1) is 162 Å². The number of rotatable bonds is 4. The average molecular weight is 999 g/mol. The second-order valence-corrected chi connectivity index (χ2v) is 35.0. The van der Waals surface area contributed by atoms with Gasteiger partial charge in [0.15, 0.2) is 0 Å². The second kappa shape index (κ2) is 27.8. The number of fused-ring (bicyclic) bond motifs is 4. The first-order chi connectivity index (χ1) is 26.5. The van der Waals surface area contributed by atoms with Gasteiger partial charge in [-0.3, -0.25) is 0 Å². The summed E-state index contributed by atoms with van der Waals surface area (Å²) in [4.78, 5) is 0. The van der Waals surface area contributed by atoms with E-state index in [1.807, 2.05) is 0 Å². The summed E-state index contributed by atoms with van der Waals surface area (Å²) in [6.45, 7) is 27.1. The number of halogens is 2. The smallest absolute Gasteiger partial charge is 1.00 e. The monoisotopic (exact) mass is 994 g/mol. The van der Waals surface area contributed by atoms with Gasteiger partial charge in [-0.05, 0) is 23.7 Å². The quantitative estimate of drug-likeness (QED) is 0.122. The molecule has 8 rings (SSSR count). The zero-order valence-corrected chi connectivity index (χ0v) is 45.3. The molecule has 8 aromatic rings. The standard InChI is InChI=1S/4C12H13.2C2H6Si.2ClH.2Zr/c4*1-9(2)12-7-10-5-3-4-6-11(10)8-12;2*1-3-2;;;;/h4*3-9H,1-2H3;2*1-2H3;2*1H;;/q4*-1;;;;;2*+2/p-2. The Balaban J connectivity index is 0.000000360. The van der Waals surface area contributed by atoms with Crippen molar-refractivity contribution >= 4 is 54.0 Å². The summed E-state index contributed by atoms with van der Waals surface area (Å²) in [5.41, 5.74) is 6.18. The molecular weight excluding hydrogens is 934 g/mol. The van der Waals surface area contributed by atoms with Crippen LogP contribution in [0.1, 0.15) is 101 Å². The molecular formula is C52H64Cl2Si2Zr2-2. The molecule has 0 fully saturated rings. The molecule has 8 aromatic carbocycles. The molecule has 0 saturated heterocycles. The van der Waals surface area contributed by atoms with Crippen molar-refractivity contribution in [3.8, 4) is 0 Å². The number of hydrogen-bond acceptors (Lipinski definition) is 0. The molecule has 0 aliphatic carbocycles. The van der Waals surface area contributed by atoms with Gasteiger partial charge < -0.3 is 24.8 Å². The summed E-state index contributed by atoms with van der Waals surface area (Å²) in [6, 6.07) is 52.3. The Kier molecular flexibility index (Phi) is 26.0. The Bertz CT molecular complexity index is 1920. The third kappa shape index (κ3) is 18.8. The van der Waals surface area contributed by atoms with Crippen molar-refractivity contribution in [3.63, 3.8) is 0 Å². The molecule has 304 valence electrons. The van der Waals surface area contributed by atoms with Crippen LogP contribution in [-0.2, 0) is 46.7 Å². The third-order valence-corrected chi connectivity index (χ3v) is 9.23. The van der Waals surface area contributed by atoms with Crippen molar-refractivity contribution in [2.24, 2.45) is 0 Å². The van der Waals surface area contributed by atoms with Crippen molar-refractivity contribution in [3.05, 3.63) is 168 Å². The topological polar surface area (TPSA) is 0 Å². The fourth-order valence-electron chi connectivity index (χ4n) is 6.03. The molecule has 0 nitrogen and oxygen atoms in total. The molecule has 0 heterocycles. The molecule has 0 aliphatic heterocycles. The largest absolute Gasteiger partial charge is 1.00 e. The zero-order chi connectivity index (χ0) is 41.4. The van der Waals surface area contributed by atoms with Gasteiger partial charge in [-0.2, -0.15) is 24.3 Å². The Morgan fingerprint density at radius 1 is 0.345 bits per heavy atom. The summed E-state index contributed by atoms with van der Waals surface area (Å²) >= 11 is 3.48. The summed E-state index contributed by atoms with van der Waals surface area (Å²) in [7, 11) is 0. The first kappa shape index (κ1) is 54.1. The maximum atomic E-state index is 2.31. The first-order valence-corrected chi connectivity index (χ1v) is 32.6. The maximum absolute atomic E-state index is 2.31. The van der Waals surface area contributed by atoms with Crippen molar-refractivity contribution in [2.75, 3.05) is 0 Å². The summed E-state index contributed by atoms with van der Waals surface area (Å²) in [5.74, 6) is 2.55. The van der Waals surface area contributed by atoms with Crippen molar-refractivity contribution in [1.82, 2.24) is 0 Å². The van der Waals surface area contributed by atoms with Gasteiger partial charge in [0.05, 0.1) is 0 Å². The van der Waals surface area contributed by atoms with Crippen LogP contribution < -0.4 is 24.8 Å². The SMILES string of the molecule is CC(C)c1cc2ccccc2[cH-]1.CC(C)c1cc2ccccc2[cH-]1.CC(C)c1cc2ccccc2[cH-]1.CC(C)c1cc2ccccc2[cH-]1.C[Si](C)=[Zr+2].C[Si](C)=[Zr+2].[Cl-].[Cl-]. The van der Waals surface area contributed by atoms with Gasteiger partial charge in [0.1, 0.15) is 0 Å². The van der Waals surface area contributed by atoms with Gasteiger partial charge >= 0.3 is 83.7 Å². The molecule has 58 heavy (non-hydrogen) atoms. The molecule has 0 N–H and O–H groups in total. The van der Waals surface area contributed by atoms with Crippen LogP contribution in [0.15, 0.2) is 146 Å². The number of hydrogen-bond donors (Lipinski definition) is 0. The second-order valence-electron chi connectivity index (χ2n) is 16.3. The zero-order valence-electron chi connectivity index (χ0n) is 36.9. The van der Waals surface area contributed by atoms with Crippen LogP contribution in [-0.4, -0.2) is 10.9 Å². The van der Waals surface area contributed by atoms with E-state index in [-0.39, 0.29) is 35.7 Å². The van der Waals surface area contributed by atoms with E-state index >= 15 is 0 Å². The molecule has 0 saturated carbocycles. The summed E-state index contributed by atoms with van der Waals surface area (Å²) < 4.78 is 0. The number of benzene rings is 4. The van der Waals surface area contributed by atoms with E-state index in [9.17, 15) is 0 Å². The van der Waals surface area contributed by atoms with E-state index in [4.69, 9.17) is 0 Å². The van der Waals surface area contributed by atoms with Crippen LogP contribution in [0.3, 0.4) is 0 Å². The summed E-state index contributed by atoms with van der Waals surface area (Å²) in [6.07, 6.45) is 0. The van der Waals surface area contributed by atoms with Gasteiger partial charge in [0, 0.05) is 0 Å². The molecule has 0 aromatic heterocycles. The fourth-order valence-corrected chi connectivity index (χ4v) is 6.03. The molecule has 0 aliphatic rings. The van der Waals surface area contributed by atoms with E-state index in [1.54, 1.807) is 46.7 Å². The first-order valence-electron chi connectivity index (χ1n) is 20.2. The van der Waals surface area contributed by atoms with E-state index in [1.165, 1.54) is 65.3 Å². The van der Waals surface area contributed by atoms with Gasteiger partial charge in [-0.25, -0.2) is 0 Å². The van der Waals surface area contributed by atoms with E-state index in [0.717, 1.165) is 0 Å². The third-order valence-electron chi connectivity index (χ3n) is 9.23. The van der Waals surface area contributed by atoms with Gasteiger partial charge in [0.2, 0.25) is 0 Å². The molecule has 0 bridgehead atoms. The van der Waals surface area contributed by atoms with Crippen molar-refractivity contribution < 1.29 is 71.5 Å². The van der Waals surface area contributed by atoms with Crippen LogP contribution in [0.5, 0.6) is 0 Å². The van der Waals surface area contributed by atoms with E-state index in [0.29, 0.717) is 23.7 Å². The Labute approximate surface area is 394 Å². The molecule has 0 amide bonds. The average Bonchev–Trinajstić information content (AvgIpc) is 3.95. The fraction of sp³-hybridized carbons (Fsp3) is 0.308. The minimum Gasteiger partial charge on any atom is -1.00 e. The van der Waals surface area contributed by atoms with Crippen LogP contribution in [0.25, 0.3) is 43.1 Å². The molecule has 0 atom stereocenters. The Morgan fingerprint density at radius 2 is 0.500 bits per heavy atom. The van der Waals surface area contributed by atoms with E-state index < -0.39 is 0 Å². The minimum absolute atomic E-state index is 0. The molecule has 0 spiro atoms. The van der Waals surface area contributed by atoms with E-state index in [2.05, 4.69) is 227 Å². The predicted octanol–water partition coefficient (Wildman–Crippen LogP) is 10.3. The van der Waals surface area contributed by atoms with Crippen LogP contribution in [0.4, 0.5) is 0 Å². The van der Waals surface area contributed by atoms with Gasteiger partial charge in [0.25, 0.3) is 0 Å². The molecule has 0 unspecified atom stereocenters.